The highest BCUT2D eigenvalue weighted by Gasteiger charge is 2.13. The molecule has 1 unspecified atom stereocenters. The highest BCUT2D eigenvalue weighted by molar-refractivity contribution is 5.77. The predicted octanol–water partition coefficient (Wildman–Crippen LogP) is 1.92. The molecule has 7 heteroatoms. The van der Waals surface area contributed by atoms with Crippen molar-refractivity contribution in [3.8, 4) is 0 Å². The van der Waals surface area contributed by atoms with E-state index in [1.54, 1.807) is 0 Å². The number of nitro groups is 1. The Bertz CT molecular complexity index is 562. The molecular weight excluding hydrogens is 238 g/mol. The number of nitrogens with one attached hydrogen (secondary N) is 1. The van der Waals surface area contributed by atoms with Crippen molar-refractivity contribution in [1.82, 2.24) is 4.98 Å². The van der Waals surface area contributed by atoms with E-state index < -0.39 is 4.92 Å². The van der Waals surface area contributed by atoms with E-state index in [4.69, 9.17) is 9.52 Å². The largest absolute Gasteiger partial charge is 0.423 e. The number of aromatic nitrogens is 1. The minimum absolute atomic E-state index is 0.0324. The number of benzene rings is 1. The molecule has 1 atom stereocenters. The van der Waals surface area contributed by atoms with Crippen LogP contribution in [0, 0.1) is 10.1 Å². The molecule has 7 nitrogen and oxygen atoms in total. The molecule has 0 fully saturated rings. The van der Waals surface area contributed by atoms with Gasteiger partial charge in [0, 0.05) is 6.07 Å². The summed E-state index contributed by atoms with van der Waals surface area (Å²) in [7, 11) is 0. The van der Waals surface area contributed by atoms with Gasteiger partial charge in [0.15, 0.2) is 5.58 Å². The average molecular weight is 251 g/mol. The first-order chi connectivity index (χ1) is 8.63. The number of nitro benzene ring substituents is 1. The standard InChI is InChI=1S/C11H13N3O4/c1-2-7(6-15)12-11-13-9-4-3-8(14(16)17)5-10(9)18-11/h3-5,7,15H,2,6H2,1H3,(H,12,13). The molecule has 1 aromatic heterocycles. The summed E-state index contributed by atoms with van der Waals surface area (Å²) in [6, 6.07) is 4.34. The summed E-state index contributed by atoms with van der Waals surface area (Å²) in [5, 5.41) is 22.6. The Labute approximate surface area is 103 Å². The van der Waals surface area contributed by atoms with E-state index in [1.165, 1.54) is 18.2 Å². The summed E-state index contributed by atoms with van der Waals surface area (Å²) in [5.74, 6) is 0. The lowest BCUT2D eigenvalue weighted by Crippen LogP contribution is -2.22. The maximum absolute atomic E-state index is 10.6. The minimum atomic E-state index is -0.488. The molecule has 0 spiro atoms. The molecule has 2 aromatic rings. The topological polar surface area (TPSA) is 101 Å². The van der Waals surface area contributed by atoms with Crippen molar-refractivity contribution in [3.63, 3.8) is 0 Å². The number of nitrogens with zero attached hydrogens (tertiary/aromatic N) is 2. The molecule has 2 N–H and O–H groups in total. The molecule has 0 aliphatic rings. The third-order valence-electron chi connectivity index (χ3n) is 2.62. The Hall–Kier alpha value is -2.15. The summed E-state index contributed by atoms with van der Waals surface area (Å²) in [6.07, 6.45) is 0.718. The van der Waals surface area contributed by atoms with Crippen molar-refractivity contribution < 1.29 is 14.4 Å². The van der Waals surface area contributed by atoms with Crippen molar-refractivity contribution in [3.05, 3.63) is 28.3 Å². The highest BCUT2D eigenvalue weighted by Crippen LogP contribution is 2.24. The van der Waals surface area contributed by atoms with E-state index in [0.717, 1.165) is 6.42 Å². The van der Waals surface area contributed by atoms with Crippen LogP contribution in [0.3, 0.4) is 0 Å². The summed E-state index contributed by atoms with van der Waals surface area (Å²) < 4.78 is 5.36. The lowest BCUT2D eigenvalue weighted by molar-refractivity contribution is -0.384. The quantitative estimate of drug-likeness (QED) is 0.621. The van der Waals surface area contributed by atoms with Crippen LogP contribution in [0.4, 0.5) is 11.7 Å². The average Bonchev–Trinajstić information content (AvgIpc) is 2.76. The molecule has 0 aliphatic carbocycles. The molecule has 0 saturated carbocycles. The van der Waals surface area contributed by atoms with Crippen LogP contribution >= 0.6 is 0 Å². The van der Waals surface area contributed by atoms with Gasteiger partial charge in [0.1, 0.15) is 5.52 Å². The smallest absolute Gasteiger partial charge is 0.295 e. The van der Waals surface area contributed by atoms with Gasteiger partial charge in [0.25, 0.3) is 11.7 Å². The SMILES string of the molecule is CCC(CO)Nc1nc2ccc([N+](=O)[O-])cc2o1. The summed E-state index contributed by atoms with van der Waals surface area (Å²) in [5.41, 5.74) is 0.842. The maximum Gasteiger partial charge on any atom is 0.295 e. The van der Waals surface area contributed by atoms with Crippen molar-refractivity contribution in [2.45, 2.75) is 19.4 Å². The lowest BCUT2D eigenvalue weighted by atomic mass is 10.2. The van der Waals surface area contributed by atoms with E-state index in [-0.39, 0.29) is 24.4 Å². The van der Waals surface area contributed by atoms with E-state index >= 15 is 0 Å². The fraction of sp³-hybridized carbons (Fsp3) is 0.364. The van der Waals surface area contributed by atoms with Crippen LogP contribution < -0.4 is 5.32 Å². The number of fused-ring (bicyclic) bond motifs is 1. The second-order valence-corrected chi connectivity index (χ2v) is 3.86. The monoisotopic (exact) mass is 251 g/mol. The van der Waals surface area contributed by atoms with Gasteiger partial charge in [-0.3, -0.25) is 10.1 Å². The molecule has 1 aromatic carbocycles. The van der Waals surface area contributed by atoms with Crippen LogP contribution in [0.5, 0.6) is 0 Å². The second kappa shape index (κ2) is 5.01. The van der Waals surface area contributed by atoms with Crippen LogP contribution in [-0.2, 0) is 0 Å². The zero-order chi connectivity index (χ0) is 13.1. The zero-order valence-corrected chi connectivity index (χ0v) is 9.79. The fourth-order valence-corrected chi connectivity index (χ4v) is 1.54. The van der Waals surface area contributed by atoms with Gasteiger partial charge in [0.2, 0.25) is 0 Å². The third-order valence-corrected chi connectivity index (χ3v) is 2.62. The Morgan fingerprint density at radius 1 is 1.61 bits per heavy atom. The van der Waals surface area contributed by atoms with Gasteiger partial charge in [-0.2, -0.15) is 4.98 Å². The van der Waals surface area contributed by atoms with Crippen LogP contribution in [0.2, 0.25) is 0 Å². The predicted molar refractivity (Wildman–Crippen MR) is 65.5 cm³/mol. The van der Waals surface area contributed by atoms with Gasteiger partial charge in [-0.05, 0) is 12.5 Å². The third kappa shape index (κ3) is 2.40. The lowest BCUT2D eigenvalue weighted by Gasteiger charge is -2.10. The van der Waals surface area contributed by atoms with Gasteiger partial charge < -0.3 is 14.8 Å². The first-order valence-corrected chi connectivity index (χ1v) is 5.56. The first kappa shape index (κ1) is 12.3. The van der Waals surface area contributed by atoms with Crippen LogP contribution in [0.15, 0.2) is 22.6 Å². The first-order valence-electron chi connectivity index (χ1n) is 5.56. The molecule has 96 valence electrons. The number of anilines is 1. The van der Waals surface area contributed by atoms with Gasteiger partial charge in [0.05, 0.1) is 23.6 Å². The minimum Gasteiger partial charge on any atom is -0.423 e. The molecule has 0 amide bonds. The Morgan fingerprint density at radius 3 is 3.00 bits per heavy atom. The van der Waals surface area contributed by atoms with Crippen LogP contribution in [-0.4, -0.2) is 27.7 Å². The molecular formula is C11H13N3O4. The normalized spacial score (nSPS) is 12.6. The molecule has 0 radical (unpaired) electrons. The Morgan fingerprint density at radius 2 is 2.39 bits per heavy atom. The van der Waals surface area contributed by atoms with E-state index in [1.807, 2.05) is 6.92 Å². The molecule has 0 saturated heterocycles. The van der Waals surface area contributed by atoms with Crippen LogP contribution in [0.25, 0.3) is 11.1 Å². The summed E-state index contributed by atoms with van der Waals surface area (Å²) >= 11 is 0. The fourth-order valence-electron chi connectivity index (χ4n) is 1.54. The summed E-state index contributed by atoms with van der Waals surface area (Å²) in [4.78, 5) is 14.3. The van der Waals surface area contributed by atoms with E-state index in [9.17, 15) is 10.1 Å². The zero-order valence-electron chi connectivity index (χ0n) is 9.79. The van der Waals surface area contributed by atoms with E-state index in [0.29, 0.717) is 11.1 Å². The highest BCUT2D eigenvalue weighted by atomic mass is 16.6. The van der Waals surface area contributed by atoms with Crippen molar-refractivity contribution in [2.75, 3.05) is 11.9 Å². The van der Waals surface area contributed by atoms with Gasteiger partial charge >= 0.3 is 0 Å². The number of hydrogen-bond donors (Lipinski definition) is 2. The molecule has 18 heavy (non-hydrogen) atoms. The number of hydrogen-bond acceptors (Lipinski definition) is 6. The van der Waals surface area contributed by atoms with Crippen molar-refractivity contribution in [2.24, 2.45) is 0 Å². The number of non-ortho nitro benzene ring substituents is 1. The number of rotatable bonds is 5. The van der Waals surface area contributed by atoms with Crippen molar-refractivity contribution >= 4 is 22.8 Å². The maximum atomic E-state index is 10.6. The van der Waals surface area contributed by atoms with Crippen LogP contribution in [0.1, 0.15) is 13.3 Å². The molecule has 0 aliphatic heterocycles. The molecule has 1 heterocycles. The van der Waals surface area contributed by atoms with Gasteiger partial charge in [-0.1, -0.05) is 6.92 Å². The number of oxazole rings is 1. The Kier molecular flexibility index (Phi) is 3.42. The number of aliphatic hydroxyl groups is 1. The summed E-state index contributed by atoms with van der Waals surface area (Å²) in [6.45, 7) is 1.89. The molecule has 2 rings (SSSR count). The van der Waals surface area contributed by atoms with Gasteiger partial charge in [-0.15, -0.1) is 0 Å². The Balaban J connectivity index is 2.29. The van der Waals surface area contributed by atoms with Gasteiger partial charge in [-0.25, -0.2) is 0 Å². The van der Waals surface area contributed by atoms with E-state index in [2.05, 4.69) is 10.3 Å². The number of aliphatic hydroxyl groups excluding tert-OH is 1. The second-order valence-electron chi connectivity index (χ2n) is 3.86. The molecule has 0 bridgehead atoms. The van der Waals surface area contributed by atoms with Crippen molar-refractivity contribution in [1.29, 1.82) is 0 Å².